The number of halogens is 1. The van der Waals surface area contributed by atoms with E-state index in [9.17, 15) is 9.18 Å². The third-order valence-corrected chi connectivity index (χ3v) is 2.90. The standard InChI is InChI=1S/C14H20FNO2/c1-4-10(3)13(14(17)18-5-2)16-12-8-6-7-11(15)9-12/h6-10,13,16H,4-5H2,1-3H3. The molecule has 0 radical (unpaired) electrons. The van der Waals surface area contributed by atoms with Crippen molar-refractivity contribution in [1.29, 1.82) is 0 Å². The Kier molecular flexibility index (Phi) is 5.62. The Morgan fingerprint density at radius 2 is 2.17 bits per heavy atom. The number of ether oxygens (including phenoxy) is 1. The van der Waals surface area contributed by atoms with Gasteiger partial charge >= 0.3 is 5.97 Å². The average molecular weight is 253 g/mol. The van der Waals surface area contributed by atoms with Crippen molar-refractivity contribution in [3.8, 4) is 0 Å². The lowest BCUT2D eigenvalue weighted by molar-refractivity contribution is -0.145. The van der Waals surface area contributed by atoms with Crippen LogP contribution in [0, 0.1) is 11.7 Å². The first kappa shape index (κ1) is 14.5. The van der Waals surface area contributed by atoms with Gasteiger partial charge in [-0.05, 0) is 31.0 Å². The maximum atomic E-state index is 13.1. The van der Waals surface area contributed by atoms with Gasteiger partial charge in [-0.2, -0.15) is 0 Å². The van der Waals surface area contributed by atoms with Gasteiger partial charge in [0.15, 0.2) is 0 Å². The normalized spacial score (nSPS) is 13.8. The zero-order chi connectivity index (χ0) is 13.5. The molecule has 2 unspecified atom stereocenters. The molecule has 4 heteroatoms. The SMILES string of the molecule is CCOC(=O)C(Nc1cccc(F)c1)C(C)CC. The van der Waals surface area contributed by atoms with Crippen molar-refractivity contribution >= 4 is 11.7 Å². The first-order valence-electron chi connectivity index (χ1n) is 6.27. The van der Waals surface area contributed by atoms with Gasteiger partial charge in [0.05, 0.1) is 6.61 Å². The molecule has 1 rings (SSSR count). The van der Waals surface area contributed by atoms with E-state index < -0.39 is 6.04 Å². The van der Waals surface area contributed by atoms with E-state index in [1.54, 1.807) is 19.1 Å². The Bertz CT molecular complexity index is 395. The quantitative estimate of drug-likeness (QED) is 0.791. The van der Waals surface area contributed by atoms with Crippen LogP contribution >= 0.6 is 0 Å². The summed E-state index contributed by atoms with van der Waals surface area (Å²) >= 11 is 0. The summed E-state index contributed by atoms with van der Waals surface area (Å²) < 4.78 is 18.1. The highest BCUT2D eigenvalue weighted by molar-refractivity contribution is 5.79. The molecule has 0 fully saturated rings. The summed E-state index contributed by atoms with van der Waals surface area (Å²) in [5, 5.41) is 3.04. The minimum Gasteiger partial charge on any atom is -0.464 e. The highest BCUT2D eigenvalue weighted by Gasteiger charge is 2.25. The fraction of sp³-hybridized carbons (Fsp3) is 0.500. The molecular weight excluding hydrogens is 233 g/mol. The lowest BCUT2D eigenvalue weighted by atomic mass is 9.99. The monoisotopic (exact) mass is 253 g/mol. The predicted molar refractivity (Wildman–Crippen MR) is 69.9 cm³/mol. The highest BCUT2D eigenvalue weighted by atomic mass is 19.1. The molecule has 0 bridgehead atoms. The molecule has 0 aliphatic rings. The summed E-state index contributed by atoms with van der Waals surface area (Å²) in [6.45, 7) is 6.09. The van der Waals surface area contributed by atoms with Crippen molar-refractivity contribution in [2.75, 3.05) is 11.9 Å². The van der Waals surface area contributed by atoms with Crippen LogP contribution in [0.15, 0.2) is 24.3 Å². The van der Waals surface area contributed by atoms with E-state index in [-0.39, 0.29) is 17.7 Å². The van der Waals surface area contributed by atoms with Crippen molar-refractivity contribution < 1.29 is 13.9 Å². The molecule has 0 saturated heterocycles. The molecule has 3 nitrogen and oxygen atoms in total. The zero-order valence-corrected chi connectivity index (χ0v) is 11.1. The van der Waals surface area contributed by atoms with E-state index in [0.29, 0.717) is 12.3 Å². The number of benzene rings is 1. The van der Waals surface area contributed by atoms with Crippen LogP contribution in [0.25, 0.3) is 0 Å². The highest BCUT2D eigenvalue weighted by Crippen LogP contribution is 2.17. The number of nitrogens with one attached hydrogen (secondary N) is 1. The van der Waals surface area contributed by atoms with Crippen molar-refractivity contribution in [2.24, 2.45) is 5.92 Å². The van der Waals surface area contributed by atoms with Crippen LogP contribution in [0.2, 0.25) is 0 Å². The third-order valence-electron chi connectivity index (χ3n) is 2.90. The molecule has 0 saturated carbocycles. The van der Waals surface area contributed by atoms with Crippen LogP contribution in [-0.4, -0.2) is 18.6 Å². The molecule has 2 atom stereocenters. The molecule has 1 aromatic carbocycles. The van der Waals surface area contributed by atoms with Gasteiger partial charge < -0.3 is 10.1 Å². The summed E-state index contributed by atoms with van der Waals surface area (Å²) in [6, 6.07) is 5.63. The zero-order valence-electron chi connectivity index (χ0n) is 11.1. The number of rotatable bonds is 6. The van der Waals surface area contributed by atoms with E-state index >= 15 is 0 Å². The van der Waals surface area contributed by atoms with Gasteiger partial charge in [0.25, 0.3) is 0 Å². The summed E-state index contributed by atoms with van der Waals surface area (Å²) in [6.07, 6.45) is 0.839. The van der Waals surface area contributed by atoms with Crippen LogP contribution in [0.5, 0.6) is 0 Å². The van der Waals surface area contributed by atoms with Crippen molar-refractivity contribution in [3.63, 3.8) is 0 Å². The topological polar surface area (TPSA) is 38.3 Å². The second kappa shape index (κ2) is 6.99. The number of carbonyl (C=O) groups excluding carboxylic acids is 1. The maximum absolute atomic E-state index is 13.1. The van der Waals surface area contributed by atoms with Crippen molar-refractivity contribution in [2.45, 2.75) is 33.2 Å². The van der Waals surface area contributed by atoms with Gasteiger partial charge in [-0.15, -0.1) is 0 Å². The van der Waals surface area contributed by atoms with Gasteiger partial charge in [-0.3, -0.25) is 0 Å². The molecule has 1 aromatic rings. The summed E-state index contributed by atoms with van der Waals surface area (Å²) in [5.74, 6) is -0.504. The van der Waals surface area contributed by atoms with E-state index in [1.807, 2.05) is 13.8 Å². The lowest BCUT2D eigenvalue weighted by Crippen LogP contribution is -2.37. The maximum Gasteiger partial charge on any atom is 0.328 e. The summed E-state index contributed by atoms with van der Waals surface area (Å²) in [7, 11) is 0. The van der Waals surface area contributed by atoms with Gasteiger partial charge in [-0.25, -0.2) is 9.18 Å². The molecule has 0 aromatic heterocycles. The Balaban J connectivity index is 2.81. The second-order valence-corrected chi connectivity index (χ2v) is 4.27. The smallest absolute Gasteiger partial charge is 0.328 e. The third kappa shape index (κ3) is 4.02. The molecule has 0 aliphatic heterocycles. The van der Waals surface area contributed by atoms with Crippen LogP contribution in [0.3, 0.4) is 0 Å². The van der Waals surface area contributed by atoms with Crippen LogP contribution < -0.4 is 5.32 Å². The van der Waals surface area contributed by atoms with E-state index in [4.69, 9.17) is 4.74 Å². The average Bonchev–Trinajstić information content (AvgIpc) is 2.35. The Hall–Kier alpha value is -1.58. The van der Waals surface area contributed by atoms with Gasteiger partial charge in [0.1, 0.15) is 11.9 Å². The number of carbonyl (C=O) groups is 1. The Labute approximate surface area is 107 Å². The lowest BCUT2D eigenvalue weighted by Gasteiger charge is -2.23. The molecule has 18 heavy (non-hydrogen) atoms. The molecule has 0 amide bonds. The predicted octanol–water partition coefficient (Wildman–Crippen LogP) is 3.22. The van der Waals surface area contributed by atoms with E-state index in [0.717, 1.165) is 6.42 Å². The Morgan fingerprint density at radius 1 is 1.44 bits per heavy atom. The molecule has 0 spiro atoms. The second-order valence-electron chi connectivity index (χ2n) is 4.27. The minimum absolute atomic E-state index is 0.118. The molecule has 0 heterocycles. The molecular formula is C14H20FNO2. The summed E-state index contributed by atoms with van der Waals surface area (Å²) in [4.78, 5) is 11.9. The van der Waals surface area contributed by atoms with Gasteiger partial charge in [0, 0.05) is 5.69 Å². The molecule has 0 aliphatic carbocycles. The van der Waals surface area contributed by atoms with Crippen molar-refractivity contribution in [3.05, 3.63) is 30.1 Å². The van der Waals surface area contributed by atoms with Crippen LogP contribution in [0.1, 0.15) is 27.2 Å². The number of anilines is 1. The number of esters is 1. The first-order valence-corrected chi connectivity index (χ1v) is 6.27. The molecule has 1 N–H and O–H groups in total. The van der Waals surface area contributed by atoms with Crippen LogP contribution in [-0.2, 0) is 9.53 Å². The van der Waals surface area contributed by atoms with E-state index in [2.05, 4.69) is 5.32 Å². The van der Waals surface area contributed by atoms with E-state index in [1.165, 1.54) is 12.1 Å². The van der Waals surface area contributed by atoms with Crippen molar-refractivity contribution in [1.82, 2.24) is 0 Å². The van der Waals surface area contributed by atoms with Gasteiger partial charge in [-0.1, -0.05) is 26.3 Å². The summed E-state index contributed by atoms with van der Waals surface area (Å²) in [5.41, 5.74) is 0.591. The molecule has 100 valence electrons. The minimum atomic E-state index is -0.447. The van der Waals surface area contributed by atoms with Gasteiger partial charge in [0.2, 0.25) is 0 Å². The first-order chi connectivity index (χ1) is 8.58. The number of hydrogen-bond donors (Lipinski definition) is 1. The fourth-order valence-electron chi connectivity index (χ4n) is 1.66. The largest absolute Gasteiger partial charge is 0.464 e. The number of hydrogen-bond acceptors (Lipinski definition) is 3. The fourth-order valence-corrected chi connectivity index (χ4v) is 1.66. The Morgan fingerprint density at radius 3 is 2.72 bits per heavy atom. The van der Waals surface area contributed by atoms with Crippen LogP contribution in [0.4, 0.5) is 10.1 Å².